The van der Waals surface area contributed by atoms with E-state index in [9.17, 15) is 23.4 Å². The molecule has 1 aliphatic heterocycles. The monoisotopic (exact) mass is 682 g/mol. The molecule has 2 heterocycles. The molecule has 1 fully saturated rings. The third kappa shape index (κ3) is 8.19. The molecular formula is C37H34N2O7S2. The maximum atomic E-state index is 12.7. The molecule has 246 valence electrons. The predicted octanol–water partition coefficient (Wildman–Crippen LogP) is 6.76. The van der Waals surface area contributed by atoms with Gasteiger partial charge in [-0.3, -0.25) is 0 Å². The topological polar surface area (TPSA) is 135 Å². The number of nitrogens with zero attached hydrogens (tertiary/aromatic N) is 1. The van der Waals surface area contributed by atoms with Crippen molar-refractivity contribution >= 4 is 27.8 Å². The lowest BCUT2D eigenvalue weighted by Gasteiger charge is -2.36. The second kappa shape index (κ2) is 15.2. The van der Waals surface area contributed by atoms with Gasteiger partial charge in [0, 0.05) is 30.5 Å². The zero-order valence-corrected chi connectivity index (χ0v) is 27.4. The summed E-state index contributed by atoms with van der Waals surface area (Å²) in [4.78, 5) is 16.2. The van der Waals surface area contributed by atoms with Crippen LogP contribution in [-0.2, 0) is 32.6 Å². The van der Waals surface area contributed by atoms with Crippen LogP contribution >= 0.6 is 11.8 Å². The highest BCUT2D eigenvalue weighted by Gasteiger charge is 2.32. The number of sulfonamides is 1. The van der Waals surface area contributed by atoms with Gasteiger partial charge in [0.2, 0.25) is 10.0 Å². The molecule has 9 nitrogen and oxygen atoms in total. The number of thioether (sulfide) groups is 1. The Hall–Kier alpha value is -4.36. The van der Waals surface area contributed by atoms with E-state index in [1.807, 2.05) is 72.8 Å². The Kier molecular flexibility index (Phi) is 10.7. The van der Waals surface area contributed by atoms with Crippen LogP contribution in [0, 0.1) is 0 Å². The normalized spacial score (nSPS) is 18.0. The number of hydrogen-bond acceptors (Lipinski definition) is 8. The van der Waals surface area contributed by atoms with Crippen LogP contribution in [0.4, 0.5) is 0 Å². The van der Waals surface area contributed by atoms with E-state index >= 15 is 0 Å². The van der Waals surface area contributed by atoms with E-state index in [2.05, 4.69) is 9.71 Å². The highest BCUT2D eigenvalue weighted by molar-refractivity contribution is 7.99. The lowest BCUT2D eigenvalue weighted by Crippen LogP contribution is -2.31. The van der Waals surface area contributed by atoms with Gasteiger partial charge in [-0.1, -0.05) is 84.9 Å². The van der Waals surface area contributed by atoms with Gasteiger partial charge in [0.05, 0.1) is 29.3 Å². The summed E-state index contributed by atoms with van der Waals surface area (Å²) in [6.45, 7) is 0.102. The van der Waals surface area contributed by atoms with E-state index in [1.54, 1.807) is 42.6 Å². The zero-order valence-electron chi connectivity index (χ0n) is 25.8. The van der Waals surface area contributed by atoms with Crippen LogP contribution in [-0.4, -0.2) is 41.4 Å². The molecule has 1 saturated heterocycles. The van der Waals surface area contributed by atoms with Crippen molar-refractivity contribution in [2.75, 3.05) is 5.75 Å². The Balaban J connectivity index is 1.18. The molecule has 0 radical (unpaired) electrons. The molecule has 0 bridgehead atoms. The first-order valence-corrected chi connectivity index (χ1v) is 17.8. The summed E-state index contributed by atoms with van der Waals surface area (Å²) in [5.74, 6) is -0.557. The van der Waals surface area contributed by atoms with Crippen molar-refractivity contribution in [3.8, 4) is 11.1 Å². The lowest BCUT2D eigenvalue weighted by molar-refractivity contribution is -0.245. The van der Waals surface area contributed by atoms with E-state index in [4.69, 9.17) is 9.47 Å². The van der Waals surface area contributed by atoms with Gasteiger partial charge >= 0.3 is 5.97 Å². The van der Waals surface area contributed by atoms with Gasteiger partial charge in [0.25, 0.3) is 0 Å². The van der Waals surface area contributed by atoms with Crippen molar-refractivity contribution in [3.05, 3.63) is 149 Å². The van der Waals surface area contributed by atoms with Crippen molar-refractivity contribution in [3.63, 3.8) is 0 Å². The molecule has 0 aliphatic carbocycles. The van der Waals surface area contributed by atoms with Gasteiger partial charge in [-0.25, -0.2) is 22.9 Å². The molecule has 3 N–H and O–H groups in total. The largest absolute Gasteiger partial charge is 0.478 e. The van der Waals surface area contributed by atoms with Crippen LogP contribution in [0.1, 0.15) is 51.4 Å². The van der Waals surface area contributed by atoms with Crippen LogP contribution in [0.5, 0.6) is 0 Å². The number of hydrogen-bond donors (Lipinski definition) is 3. The molecule has 0 unspecified atom stereocenters. The fraction of sp³-hybridized carbons (Fsp3) is 0.189. The average molecular weight is 683 g/mol. The summed E-state index contributed by atoms with van der Waals surface area (Å²) in [6, 6.07) is 34.6. The number of aliphatic hydroxyl groups is 1. The van der Waals surface area contributed by atoms with E-state index in [-0.39, 0.29) is 35.8 Å². The quantitative estimate of drug-likeness (QED) is 0.122. The maximum Gasteiger partial charge on any atom is 0.338 e. The first-order valence-electron chi connectivity index (χ1n) is 15.3. The fourth-order valence-corrected chi connectivity index (χ4v) is 7.46. The summed E-state index contributed by atoms with van der Waals surface area (Å²) in [6.07, 6.45) is 0.892. The van der Waals surface area contributed by atoms with E-state index in [0.717, 1.165) is 33.4 Å². The second-order valence-corrected chi connectivity index (χ2v) is 14.1. The summed E-state index contributed by atoms with van der Waals surface area (Å²) in [5, 5.41) is 19.5. The van der Waals surface area contributed by atoms with Gasteiger partial charge in [-0.2, -0.15) is 0 Å². The molecule has 0 amide bonds. The zero-order chi connectivity index (χ0) is 33.5. The summed E-state index contributed by atoms with van der Waals surface area (Å²) >= 11 is 1.34. The van der Waals surface area contributed by atoms with Gasteiger partial charge in [0.1, 0.15) is 5.03 Å². The number of carboxylic acid groups (broad SMARTS) is 1. The van der Waals surface area contributed by atoms with E-state index in [0.29, 0.717) is 17.2 Å². The molecule has 1 aliphatic rings. The first-order chi connectivity index (χ1) is 23.3. The van der Waals surface area contributed by atoms with Gasteiger partial charge < -0.3 is 19.7 Å². The Morgan fingerprint density at radius 3 is 2.31 bits per heavy atom. The van der Waals surface area contributed by atoms with Crippen LogP contribution in [0.15, 0.2) is 131 Å². The van der Waals surface area contributed by atoms with Crippen molar-refractivity contribution in [1.82, 2.24) is 9.71 Å². The Labute approximate surface area is 283 Å². The number of nitrogens with one attached hydrogen (secondary N) is 1. The van der Waals surface area contributed by atoms with Crippen LogP contribution in [0.25, 0.3) is 11.1 Å². The summed E-state index contributed by atoms with van der Waals surface area (Å²) < 4.78 is 41.0. The molecule has 0 spiro atoms. The molecule has 3 atom stereocenters. The lowest BCUT2D eigenvalue weighted by atomic mass is 9.99. The highest BCUT2D eigenvalue weighted by Crippen LogP contribution is 2.40. The predicted molar refractivity (Wildman–Crippen MR) is 183 cm³/mol. The first kappa shape index (κ1) is 33.5. The minimum atomic E-state index is -3.63. The number of carbonyl (C=O) groups is 1. The number of benzene rings is 4. The summed E-state index contributed by atoms with van der Waals surface area (Å²) in [5.41, 5.74) is 5.43. The van der Waals surface area contributed by atoms with Gasteiger partial charge in [-0.05, 0) is 58.1 Å². The Morgan fingerprint density at radius 2 is 1.58 bits per heavy atom. The molecule has 5 aromatic rings. The number of carboxylic acids is 1. The number of aromatic nitrogens is 1. The van der Waals surface area contributed by atoms with Crippen molar-refractivity contribution in [2.45, 2.75) is 48.0 Å². The Morgan fingerprint density at radius 1 is 0.833 bits per heavy atom. The standard InChI is InChI=1S/C37H34N2O7S2/c40-23-25-11-13-28(14-12-25)34-21-31(24-47-35-33(36(41)42)10-5-19-38-35)45-37(46-34)29-17-15-27(16-18-29)30-7-4-6-26(20-30)22-39-48(43,44)32-8-2-1-3-9-32/h1-20,31,34,37,39-40H,21-24H2,(H,41,42)/t31-,34+,37+/m1/s1. The van der Waals surface area contributed by atoms with Crippen LogP contribution < -0.4 is 4.72 Å². The van der Waals surface area contributed by atoms with Crippen LogP contribution in [0.2, 0.25) is 0 Å². The minimum absolute atomic E-state index is 0.0503. The van der Waals surface area contributed by atoms with Gasteiger partial charge in [0.15, 0.2) is 6.29 Å². The van der Waals surface area contributed by atoms with Crippen molar-refractivity contribution < 1.29 is 32.9 Å². The number of pyridine rings is 1. The van der Waals surface area contributed by atoms with Crippen molar-refractivity contribution in [2.24, 2.45) is 0 Å². The van der Waals surface area contributed by atoms with Crippen molar-refractivity contribution in [1.29, 1.82) is 0 Å². The van der Waals surface area contributed by atoms with E-state index < -0.39 is 22.3 Å². The number of aliphatic hydroxyl groups excluding tert-OH is 1. The molecule has 1 aromatic heterocycles. The third-order valence-electron chi connectivity index (χ3n) is 7.99. The fourth-order valence-electron chi connectivity index (χ4n) is 5.42. The second-order valence-electron chi connectivity index (χ2n) is 11.3. The smallest absolute Gasteiger partial charge is 0.338 e. The molecule has 0 saturated carbocycles. The van der Waals surface area contributed by atoms with E-state index in [1.165, 1.54) is 17.8 Å². The number of ether oxygens (including phenoxy) is 2. The third-order valence-corrected chi connectivity index (χ3v) is 10.5. The maximum absolute atomic E-state index is 12.7. The molecule has 48 heavy (non-hydrogen) atoms. The summed E-state index contributed by atoms with van der Waals surface area (Å²) in [7, 11) is -3.63. The number of rotatable bonds is 12. The number of aromatic carboxylic acids is 1. The van der Waals surface area contributed by atoms with Crippen LogP contribution in [0.3, 0.4) is 0 Å². The minimum Gasteiger partial charge on any atom is -0.478 e. The molecule has 4 aromatic carbocycles. The molecule has 11 heteroatoms. The average Bonchev–Trinajstić information content (AvgIpc) is 3.13. The molecular weight excluding hydrogens is 649 g/mol. The van der Waals surface area contributed by atoms with Gasteiger partial charge in [-0.15, -0.1) is 11.8 Å². The Bertz CT molecular complexity index is 1950. The molecule has 6 rings (SSSR count). The SMILES string of the molecule is O=C(O)c1cccnc1SC[C@H]1C[C@@H](c2ccc(CO)cc2)O[C@@H](c2ccc(-c3cccc(CNS(=O)(=O)c4ccccc4)c3)cc2)O1. The highest BCUT2D eigenvalue weighted by atomic mass is 32.2.